The van der Waals surface area contributed by atoms with Crippen molar-refractivity contribution in [1.29, 1.82) is 0 Å². The third-order valence-corrected chi connectivity index (χ3v) is 4.83. The zero-order chi connectivity index (χ0) is 19.6. The van der Waals surface area contributed by atoms with Crippen LogP contribution in [0.5, 0.6) is 11.5 Å². The predicted octanol–water partition coefficient (Wildman–Crippen LogP) is 4.43. The molecule has 2 aromatic rings. The summed E-state index contributed by atoms with van der Waals surface area (Å²) >= 11 is 3.43. The highest BCUT2D eigenvalue weighted by atomic mass is 79.9. The van der Waals surface area contributed by atoms with Crippen molar-refractivity contribution in [3.63, 3.8) is 0 Å². The highest BCUT2D eigenvalue weighted by Gasteiger charge is 2.28. The number of hydrogen-bond acceptors (Lipinski definition) is 4. The van der Waals surface area contributed by atoms with E-state index in [1.54, 1.807) is 0 Å². The first-order chi connectivity index (χ1) is 12.7. The van der Waals surface area contributed by atoms with Gasteiger partial charge < -0.3 is 9.47 Å². The normalized spacial score (nSPS) is 16.8. The van der Waals surface area contributed by atoms with E-state index in [-0.39, 0.29) is 17.9 Å². The summed E-state index contributed by atoms with van der Waals surface area (Å²) in [6, 6.07) is 13.6. The van der Waals surface area contributed by atoms with Crippen LogP contribution in [0.25, 0.3) is 0 Å². The van der Waals surface area contributed by atoms with Crippen molar-refractivity contribution < 1.29 is 14.3 Å². The molecule has 1 unspecified atom stereocenters. The smallest absolute Gasteiger partial charge is 0.284 e. The fourth-order valence-electron chi connectivity index (χ4n) is 2.66. The molecule has 0 spiro atoms. The van der Waals surface area contributed by atoms with E-state index in [1.165, 1.54) is 0 Å². The molecule has 1 atom stereocenters. The molecule has 0 saturated carbocycles. The number of amides is 1. The molecule has 0 aromatic heterocycles. The van der Waals surface area contributed by atoms with Crippen LogP contribution < -0.4 is 14.9 Å². The summed E-state index contributed by atoms with van der Waals surface area (Å²) in [7, 11) is 0. The summed E-state index contributed by atoms with van der Waals surface area (Å²) in [6.45, 7) is 8.37. The number of ether oxygens (including phenoxy) is 2. The molecule has 27 heavy (non-hydrogen) atoms. The van der Waals surface area contributed by atoms with Gasteiger partial charge >= 0.3 is 0 Å². The third-order valence-electron chi connectivity index (χ3n) is 4.34. The maximum Gasteiger partial charge on any atom is 0.284 e. The summed E-state index contributed by atoms with van der Waals surface area (Å²) in [6.07, 6.45) is -0.744. The average Bonchev–Trinajstić information content (AvgIpc) is 2.64. The molecule has 3 rings (SSSR count). The van der Waals surface area contributed by atoms with E-state index >= 15 is 0 Å². The fraction of sp³-hybridized carbons (Fsp3) is 0.333. The molecule has 1 N–H and O–H groups in total. The van der Waals surface area contributed by atoms with E-state index in [4.69, 9.17) is 9.47 Å². The van der Waals surface area contributed by atoms with Gasteiger partial charge in [-0.3, -0.25) is 4.79 Å². The first-order valence-electron chi connectivity index (χ1n) is 8.78. The molecule has 0 bridgehead atoms. The number of halogens is 1. The highest BCUT2D eigenvalue weighted by Crippen LogP contribution is 2.36. The molecule has 0 saturated heterocycles. The van der Waals surface area contributed by atoms with Crippen molar-refractivity contribution >= 4 is 27.5 Å². The van der Waals surface area contributed by atoms with Gasteiger partial charge in [-0.1, -0.05) is 54.9 Å². The number of hydrogen-bond donors (Lipinski definition) is 1. The molecule has 0 aliphatic carbocycles. The zero-order valence-electron chi connectivity index (χ0n) is 15.9. The van der Waals surface area contributed by atoms with Crippen molar-refractivity contribution in [3.8, 4) is 11.5 Å². The van der Waals surface area contributed by atoms with E-state index in [9.17, 15) is 4.79 Å². The Hall–Kier alpha value is -2.34. The van der Waals surface area contributed by atoms with Crippen LogP contribution in [0.2, 0.25) is 0 Å². The SMILES string of the molecule is C/C(=N\NC(=O)C1COc2ccc(C(C)(C)C)cc2O1)c1cccc(Br)c1. The van der Waals surface area contributed by atoms with Crippen LogP contribution in [0.4, 0.5) is 0 Å². The Morgan fingerprint density at radius 2 is 1.96 bits per heavy atom. The van der Waals surface area contributed by atoms with E-state index in [2.05, 4.69) is 47.2 Å². The van der Waals surface area contributed by atoms with Crippen molar-refractivity contribution in [2.24, 2.45) is 5.10 Å². The number of benzene rings is 2. The Balaban J connectivity index is 1.69. The summed E-state index contributed by atoms with van der Waals surface area (Å²) in [4.78, 5) is 12.5. The average molecular weight is 431 g/mol. The second-order valence-corrected chi connectivity index (χ2v) is 8.43. The van der Waals surface area contributed by atoms with Crippen LogP contribution in [0, 0.1) is 0 Å². The second-order valence-electron chi connectivity index (χ2n) is 7.51. The first kappa shape index (κ1) is 19.4. The van der Waals surface area contributed by atoms with Crippen LogP contribution in [0.3, 0.4) is 0 Å². The number of nitrogens with one attached hydrogen (secondary N) is 1. The standard InChI is InChI=1S/C21H23BrN2O3/c1-13(14-6-5-7-16(22)10-14)23-24-20(25)19-12-26-17-9-8-15(21(2,3)4)11-18(17)27-19/h5-11,19H,12H2,1-4H3,(H,24,25)/b23-13+. The zero-order valence-corrected chi connectivity index (χ0v) is 17.5. The molecular weight excluding hydrogens is 408 g/mol. The van der Waals surface area contributed by atoms with Crippen molar-refractivity contribution in [3.05, 3.63) is 58.1 Å². The second kappa shape index (κ2) is 7.72. The Morgan fingerprint density at radius 3 is 2.67 bits per heavy atom. The minimum atomic E-state index is -0.744. The minimum absolute atomic E-state index is 0.0149. The van der Waals surface area contributed by atoms with Crippen LogP contribution in [0.1, 0.15) is 38.8 Å². The number of nitrogens with zero attached hydrogens (tertiary/aromatic N) is 1. The molecule has 6 heteroatoms. The van der Waals surface area contributed by atoms with E-state index in [0.29, 0.717) is 17.2 Å². The summed E-state index contributed by atoms with van der Waals surface area (Å²) in [5.74, 6) is 0.901. The van der Waals surface area contributed by atoms with Gasteiger partial charge in [0, 0.05) is 4.47 Å². The number of hydrazone groups is 1. The lowest BCUT2D eigenvalue weighted by Crippen LogP contribution is -2.42. The minimum Gasteiger partial charge on any atom is -0.485 e. The number of rotatable bonds is 3. The molecule has 5 nitrogen and oxygen atoms in total. The van der Waals surface area contributed by atoms with Crippen molar-refractivity contribution in [1.82, 2.24) is 5.43 Å². The molecular formula is C21H23BrN2O3. The van der Waals surface area contributed by atoms with E-state index in [1.807, 2.05) is 49.4 Å². The monoisotopic (exact) mass is 430 g/mol. The van der Waals surface area contributed by atoms with E-state index in [0.717, 1.165) is 15.6 Å². The van der Waals surface area contributed by atoms with Crippen molar-refractivity contribution in [2.45, 2.75) is 39.2 Å². The molecule has 1 aliphatic rings. The molecule has 0 radical (unpaired) electrons. The number of carbonyl (C=O) groups excluding carboxylic acids is 1. The Labute approximate surface area is 167 Å². The maximum absolute atomic E-state index is 12.5. The number of fused-ring (bicyclic) bond motifs is 1. The third kappa shape index (κ3) is 4.69. The lowest BCUT2D eigenvalue weighted by Gasteiger charge is -2.27. The van der Waals surface area contributed by atoms with Crippen LogP contribution >= 0.6 is 15.9 Å². The van der Waals surface area contributed by atoms with Crippen LogP contribution in [0.15, 0.2) is 52.0 Å². The lowest BCUT2D eigenvalue weighted by molar-refractivity contribution is -0.130. The van der Waals surface area contributed by atoms with Gasteiger partial charge in [0.1, 0.15) is 6.61 Å². The lowest BCUT2D eigenvalue weighted by atomic mass is 9.87. The molecule has 1 heterocycles. The molecule has 0 fully saturated rings. The summed E-state index contributed by atoms with van der Waals surface area (Å²) < 4.78 is 12.5. The quantitative estimate of drug-likeness (QED) is 0.578. The Kier molecular flexibility index (Phi) is 5.56. The highest BCUT2D eigenvalue weighted by molar-refractivity contribution is 9.10. The summed E-state index contributed by atoms with van der Waals surface area (Å²) in [5, 5.41) is 4.18. The molecule has 2 aromatic carbocycles. The fourth-order valence-corrected chi connectivity index (χ4v) is 3.06. The number of carbonyl (C=O) groups is 1. The van der Waals surface area contributed by atoms with Gasteiger partial charge in [-0.05, 0) is 47.7 Å². The molecule has 142 valence electrons. The molecule has 1 aliphatic heterocycles. The van der Waals surface area contributed by atoms with Gasteiger partial charge in [0.15, 0.2) is 11.5 Å². The largest absolute Gasteiger partial charge is 0.485 e. The van der Waals surface area contributed by atoms with Gasteiger partial charge in [0.05, 0.1) is 5.71 Å². The molecule has 1 amide bonds. The van der Waals surface area contributed by atoms with E-state index < -0.39 is 6.10 Å². The summed E-state index contributed by atoms with van der Waals surface area (Å²) in [5.41, 5.74) is 5.31. The van der Waals surface area contributed by atoms with Gasteiger partial charge in [-0.25, -0.2) is 5.43 Å². The predicted molar refractivity (Wildman–Crippen MR) is 110 cm³/mol. The van der Waals surface area contributed by atoms with Gasteiger partial charge in [0.2, 0.25) is 6.10 Å². The maximum atomic E-state index is 12.5. The van der Waals surface area contributed by atoms with Crippen LogP contribution in [-0.2, 0) is 10.2 Å². The van der Waals surface area contributed by atoms with Gasteiger partial charge in [-0.15, -0.1) is 0 Å². The Morgan fingerprint density at radius 1 is 1.19 bits per heavy atom. The van der Waals surface area contributed by atoms with Crippen molar-refractivity contribution in [2.75, 3.05) is 6.61 Å². The first-order valence-corrected chi connectivity index (χ1v) is 9.57. The topological polar surface area (TPSA) is 59.9 Å². The Bertz CT molecular complexity index is 887. The van der Waals surface area contributed by atoms with Gasteiger partial charge in [-0.2, -0.15) is 5.10 Å². The van der Waals surface area contributed by atoms with Crippen LogP contribution in [-0.4, -0.2) is 24.3 Å². The van der Waals surface area contributed by atoms with Gasteiger partial charge in [0.25, 0.3) is 5.91 Å².